The van der Waals surface area contributed by atoms with Crippen molar-refractivity contribution in [1.82, 2.24) is 20.1 Å². The highest BCUT2D eigenvalue weighted by molar-refractivity contribution is 7.99. The van der Waals surface area contributed by atoms with Crippen LogP contribution < -0.4 is 5.32 Å². The van der Waals surface area contributed by atoms with E-state index in [1.807, 2.05) is 23.6 Å². The highest BCUT2D eigenvalue weighted by atomic mass is 32.2. The number of amides is 1. The largest absolute Gasteiger partial charge is 0.461 e. The van der Waals surface area contributed by atoms with Gasteiger partial charge in [-0.3, -0.25) is 9.36 Å². The fourth-order valence-corrected chi connectivity index (χ4v) is 3.99. The number of aromatic nitrogens is 3. The van der Waals surface area contributed by atoms with Crippen molar-refractivity contribution in [2.45, 2.75) is 57.3 Å². The second-order valence-corrected chi connectivity index (χ2v) is 7.19. The van der Waals surface area contributed by atoms with Crippen molar-refractivity contribution in [3.05, 3.63) is 18.4 Å². The van der Waals surface area contributed by atoms with Crippen molar-refractivity contribution in [3.8, 4) is 11.6 Å². The Morgan fingerprint density at radius 2 is 2.25 bits per heavy atom. The summed E-state index contributed by atoms with van der Waals surface area (Å²) >= 11 is 1.42. The smallest absolute Gasteiger partial charge is 0.230 e. The second kappa shape index (κ2) is 7.88. The summed E-state index contributed by atoms with van der Waals surface area (Å²) in [5.41, 5.74) is 0. The van der Waals surface area contributed by atoms with Crippen LogP contribution in [-0.2, 0) is 11.3 Å². The summed E-state index contributed by atoms with van der Waals surface area (Å²) in [6, 6.07) is 4.01. The lowest BCUT2D eigenvalue weighted by Gasteiger charge is -2.29. The first-order chi connectivity index (χ1) is 11.7. The van der Waals surface area contributed by atoms with E-state index in [1.54, 1.807) is 6.26 Å². The summed E-state index contributed by atoms with van der Waals surface area (Å²) in [6.07, 6.45) is 6.40. The van der Waals surface area contributed by atoms with Crippen molar-refractivity contribution in [1.29, 1.82) is 0 Å². The Kier molecular flexibility index (Phi) is 5.60. The SMILES string of the molecule is CCn1c(SCC(=O)N[C@H]2CCCC[C@H]2C)nnc1-c1ccco1. The zero-order valence-electron chi connectivity index (χ0n) is 14.2. The average Bonchev–Trinajstić information content (AvgIpc) is 3.23. The van der Waals surface area contributed by atoms with Crippen molar-refractivity contribution in [2.75, 3.05) is 5.75 Å². The van der Waals surface area contributed by atoms with Gasteiger partial charge in [0, 0.05) is 12.6 Å². The van der Waals surface area contributed by atoms with E-state index in [9.17, 15) is 4.79 Å². The predicted octanol–water partition coefficient (Wildman–Crippen LogP) is 3.35. The monoisotopic (exact) mass is 348 g/mol. The molecule has 2 heterocycles. The Morgan fingerprint density at radius 3 is 2.96 bits per heavy atom. The van der Waals surface area contributed by atoms with E-state index < -0.39 is 0 Å². The van der Waals surface area contributed by atoms with Gasteiger partial charge < -0.3 is 9.73 Å². The van der Waals surface area contributed by atoms with Crippen molar-refractivity contribution >= 4 is 17.7 Å². The van der Waals surface area contributed by atoms with Crippen molar-refractivity contribution in [3.63, 3.8) is 0 Å². The number of hydrogen-bond donors (Lipinski definition) is 1. The molecule has 1 fully saturated rings. The molecule has 6 nitrogen and oxygen atoms in total. The molecule has 130 valence electrons. The summed E-state index contributed by atoms with van der Waals surface area (Å²) in [5.74, 6) is 2.39. The number of nitrogens with one attached hydrogen (secondary N) is 1. The number of rotatable bonds is 6. The van der Waals surface area contributed by atoms with Gasteiger partial charge in [-0.05, 0) is 37.8 Å². The van der Waals surface area contributed by atoms with E-state index in [4.69, 9.17) is 4.42 Å². The van der Waals surface area contributed by atoms with Crippen molar-refractivity contribution in [2.24, 2.45) is 5.92 Å². The molecule has 0 unspecified atom stereocenters. The normalized spacial score (nSPS) is 20.9. The van der Waals surface area contributed by atoms with Gasteiger partial charge in [0.2, 0.25) is 5.91 Å². The number of carbonyl (C=O) groups excluding carboxylic acids is 1. The molecule has 3 rings (SSSR count). The Hall–Kier alpha value is -1.76. The topological polar surface area (TPSA) is 73.0 Å². The number of furan rings is 1. The first kappa shape index (κ1) is 17.1. The fourth-order valence-electron chi connectivity index (χ4n) is 3.18. The number of hydrogen-bond acceptors (Lipinski definition) is 5. The molecule has 1 N–H and O–H groups in total. The van der Waals surface area contributed by atoms with Gasteiger partial charge in [0.05, 0.1) is 12.0 Å². The van der Waals surface area contributed by atoms with Gasteiger partial charge in [0.25, 0.3) is 0 Å². The van der Waals surface area contributed by atoms with Gasteiger partial charge in [-0.2, -0.15) is 0 Å². The highest BCUT2D eigenvalue weighted by Crippen LogP contribution is 2.25. The van der Waals surface area contributed by atoms with Gasteiger partial charge in [0.1, 0.15) is 0 Å². The molecule has 1 aliphatic carbocycles. The van der Waals surface area contributed by atoms with E-state index in [-0.39, 0.29) is 5.91 Å². The minimum absolute atomic E-state index is 0.0731. The van der Waals surface area contributed by atoms with Gasteiger partial charge in [-0.1, -0.05) is 31.5 Å². The van der Waals surface area contributed by atoms with Gasteiger partial charge in [-0.15, -0.1) is 10.2 Å². The first-order valence-corrected chi connectivity index (χ1v) is 9.56. The summed E-state index contributed by atoms with van der Waals surface area (Å²) in [6.45, 7) is 4.98. The van der Waals surface area contributed by atoms with Crippen LogP contribution in [0.25, 0.3) is 11.6 Å². The predicted molar refractivity (Wildman–Crippen MR) is 93.7 cm³/mol. The minimum Gasteiger partial charge on any atom is -0.461 e. The van der Waals surface area contributed by atoms with Gasteiger partial charge in [0.15, 0.2) is 16.7 Å². The Balaban J connectivity index is 1.59. The molecule has 0 spiro atoms. The lowest BCUT2D eigenvalue weighted by Crippen LogP contribution is -2.41. The zero-order chi connectivity index (χ0) is 16.9. The van der Waals surface area contributed by atoms with Crippen LogP contribution in [0, 0.1) is 5.92 Å². The number of thioether (sulfide) groups is 1. The van der Waals surface area contributed by atoms with E-state index in [0.717, 1.165) is 18.1 Å². The fraction of sp³-hybridized carbons (Fsp3) is 0.588. The van der Waals surface area contributed by atoms with Crippen LogP contribution in [0.1, 0.15) is 39.5 Å². The van der Waals surface area contributed by atoms with E-state index in [1.165, 1.54) is 31.0 Å². The summed E-state index contributed by atoms with van der Waals surface area (Å²) < 4.78 is 7.37. The van der Waals surface area contributed by atoms with Crippen LogP contribution in [0.15, 0.2) is 28.0 Å². The Morgan fingerprint density at radius 1 is 1.42 bits per heavy atom. The summed E-state index contributed by atoms with van der Waals surface area (Å²) in [4.78, 5) is 12.3. The van der Waals surface area contributed by atoms with Crippen LogP contribution in [0.2, 0.25) is 0 Å². The molecule has 0 saturated heterocycles. The lowest BCUT2D eigenvalue weighted by atomic mass is 9.86. The second-order valence-electron chi connectivity index (χ2n) is 6.25. The third kappa shape index (κ3) is 3.83. The third-order valence-corrected chi connectivity index (χ3v) is 5.53. The Labute approximate surface area is 146 Å². The average molecular weight is 348 g/mol. The third-order valence-electron chi connectivity index (χ3n) is 4.56. The standard InChI is InChI=1S/C17H24N4O2S/c1-3-21-16(14-9-6-10-23-14)19-20-17(21)24-11-15(22)18-13-8-5-4-7-12(13)2/h6,9-10,12-13H,3-5,7-8,11H2,1-2H3,(H,18,22)/t12-,13+/m1/s1. The van der Waals surface area contributed by atoms with E-state index in [0.29, 0.717) is 29.3 Å². The molecule has 2 atom stereocenters. The highest BCUT2D eigenvalue weighted by Gasteiger charge is 2.23. The quantitative estimate of drug-likeness (QED) is 0.811. The molecule has 1 amide bonds. The molecule has 2 aromatic rings. The number of nitrogens with zero attached hydrogens (tertiary/aromatic N) is 3. The molecule has 0 radical (unpaired) electrons. The number of carbonyl (C=O) groups is 1. The molecular formula is C17H24N4O2S. The van der Waals surface area contributed by atoms with Crippen molar-refractivity contribution < 1.29 is 9.21 Å². The first-order valence-electron chi connectivity index (χ1n) is 8.58. The van der Waals surface area contributed by atoms with Crippen LogP contribution in [-0.4, -0.2) is 32.5 Å². The van der Waals surface area contributed by atoms with Crippen LogP contribution in [0.3, 0.4) is 0 Å². The molecule has 1 saturated carbocycles. The maximum Gasteiger partial charge on any atom is 0.230 e. The van der Waals surface area contributed by atoms with E-state index >= 15 is 0 Å². The van der Waals surface area contributed by atoms with Gasteiger partial charge in [-0.25, -0.2) is 0 Å². The molecular weight excluding hydrogens is 324 g/mol. The summed E-state index contributed by atoms with van der Waals surface area (Å²) in [7, 11) is 0. The molecule has 2 aromatic heterocycles. The zero-order valence-corrected chi connectivity index (χ0v) is 15.0. The molecule has 1 aliphatic rings. The van der Waals surface area contributed by atoms with Crippen LogP contribution in [0.5, 0.6) is 0 Å². The van der Waals surface area contributed by atoms with E-state index in [2.05, 4.69) is 22.4 Å². The maximum absolute atomic E-state index is 12.3. The van der Waals surface area contributed by atoms with Crippen LogP contribution >= 0.6 is 11.8 Å². The molecule has 0 aliphatic heterocycles. The lowest BCUT2D eigenvalue weighted by molar-refractivity contribution is -0.119. The molecule has 24 heavy (non-hydrogen) atoms. The van der Waals surface area contributed by atoms with Crippen LogP contribution in [0.4, 0.5) is 0 Å². The minimum atomic E-state index is 0.0731. The molecule has 7 heteroatoms. The molecule has 0 aromatic carbocycles. The summed E-state index contributed by atoms with van der Waals surface area (Å²) in [5, 5.41) is 12.3. The van der Waals surface area contributed by atoms with Gasteiger partial charge >= 0.3 is 0 Å². The maximum atomic E-state index is 12.3. The Bertz CT molecular complexity index is 668. The molecule has 0 bridgehead atoms.